The van der Waals surface area contributed by atoms with Gasteiger partial charge in [0.15, 0.2) is 11.5 Å². The third-order valence-corrected chi connectivity index (χ3v) is 4.66. The van der Waals surface area contributed by atoms with Gasteiger partial charge in [-0.25, -0.2) is 0 Å². The number of anilines is 1. The Hall–Kier alpha value is -1.42. The maximum absolute atomic E-state index is 5.68. The summed E-state index contributed by atoms with van der Waals surface area (Å²) in [4.78, 5) is 2.49. The van der Waals surface area contributed by atoms with E-state index >= 15 is 0 Å². The number of fused-ring (bicyclic) bond motifs is 1. The van der Waals surface area contributed by atoms with Crippen LogP contribution in [-0.2, 0) is 0 Å². The van der Waals surface area contributed by atoms with Crippen LogP contribution >= 0.6 is 0 Å². The Bertz CT molecular complexity index is 483. The van der Waals surface area contributed by atoms with Crippen molar-refractivity contribution in [1.82, 2.24) is 5.32 Å². The molecule has 4 nitrogen and oxygen atoms in total. The molecule has 1 aromatic rings. The fourth-order valence-corrected chi connectivity index (χ4v) is 3.53. The van der Waals surface area contributed by atoms with Gasteiger partial charge in [-0.1, -0.05) is 0 Å². The zero-order valence-electron chi connectivity index (χ0n) is 11.2. The van der Waals surface area contributed by atoms with Gasteiger partial charge in [-0.05, 0) is 31.5 Å². The second-order valence-corrected chi connectivity index (χ2v) is 5.93. The molecular formula is C15H20N2O2. The summed E-state index contributed by atoms with van der Waals surface area (Å²) in [5.74, 6) is 1.78. The average molecular weight is 260 g/mol. The van der Waals surface area contributed by atoms with E-state index in [0.29, 0.717) is 18.6 Å². The standard InChI is InChI=1S/C15H20N2O2/c1-2-13-14(19-8-7-18-13)9-12(1)17-6-4-15(11-17)3-5-16-10-15/h1-2,9,16H,3-8,10-11H2. The molecule has 3 aliphatic rings. The zero-order valence-corrected chi connectivity index (χ0v) is 11.2. The highest BCUT2D eigenvalue weighted by Gasteiger charge is 2.40. The van der Waals surface area contributed by atoms with Crippen molar-refractivity contribution in [1.29, 1.82) is 0 Å². The van der Waals surface area contributed by atoms with Gasteiger partial charge in [0.25, 0.3) is 0 Å². The van der Waals surface area contributed by atoms with Gasteiger partial charge in [-0.3, -0.25) is 0 Å². The lowest BCUT2D eigenvalue weighted by atomic mass is 9.86. The summed E-state index contributed by atoms with van der Waals surface area (Å²) >= 11 is 0. The fraction of sp³-hybridized carbons (Fsp3) is 0.600. The lowest BCUT2D eigenvalue weighted by Gasteiger charge is -2.25. The van der Waals surface area contributed by atoms with Crippen molar-refractivity contribution in [2.45, 2.75) is 12.8 Å². The lowest BCUT2D eigenvalue weighted by molar-refractivity contribution is 0.171. The predicted octanol–water partition coefficient (Wildman–Crippen LogP) is 1.65. The van der Waals surface area contributed by atoms with Crippen LogP contribution in [0.15, 0.2) is 18.2 Å². The third-order valence-electron chi connectivity index (χ3n) is 4.66. The molecular weight excluding hydrogens is 240 g/mol. The molecule has 1 aromatic carbocycles. The Kier molecular flexibility index (Phi) is 2.58. The minimum Gasteiger partial charge on any atom is -0.486 e. The maximum atomic E-state index is 5.68. The highest BCUT2D eigenvalue weighted by atomic mass is 16.6. The van der Waals surface area contributed by atoms with E-state index in [1.165, 1.54) is 38.2 Å². The number of hydrogen-bond donors (Lipinski definition) is 1. The highest BCUT2D eigenvalue weighted by molar-refractivity contribution is 5.57. The fourth-order valence-electron chi connectivity index (χ4n) is 3.53. The molecule has 1 unspecified atom stereocenters. The molecule has 0 amide bonds. The molecule has 0 saturated carbocycles. The van der Waals surface area contributed by atoms with Gasteiger partial charge in [0.2, 0.25) is 0 Å². The van der Waals surface area contributed by atoms with E-state index in [4.69, 9.17) is 9.47 Å². The van der Waals surface area contributed by atoms with Crippen molar-refractivity contribution in [3.05, 3.63) is 18.2 Å². The summed E-state index contributed by atoms with van der Waals surface area (Å²) in [6.07, 6.45) is 2.61. The Morgan fingerprint density at radius 2 is 2.00 bits per heavy atom. The number of benzene rings is 1. The number of hydrogen-bond acceptors (Lipinski definition) is 4. The monoisotopic (exact) mass is 260 g/mol. The first-order valence-electron chi connectivity index (χ1n) is 7.20. The van der Waals surface area contributed by atoms with E-state index in [9.17, 15) is 0 Å². The van der Waals surface area contributed by atoms with Gasteiger partial charge < -0.3 is 19.7 Å². The molecule has 0 aromatic heterocycles. The van der Waals surface area contributed by atoms with Gasteiger partial charge in [0.05, 0.1) is 0 Å². The average Bonchev–Trinajstić information content (AvgIpc) is 3.09. The number of nitrogens with one attached hydrogen (secondary N) is 1. The molecule has 4 heteroatoms. The minimum absolute atomic E-state index is 0.507. The van der Waals surface area contributed by atoms with E-state index < -0.39 is 0 Å². The third kappa shape index (κ3) is 1.94. The first-order chi connectivity index (χ1) is 9.35. The topological polar surface area (TPSA) is 33.7 Å². The van der Waals surface area contributed by atoms with Crippen LogP contribution in [0.25, 0.3) is 0 Å². The molecule has 19 heavy (non-hydrogen) atoms. The molecule has 1 atom stereocenters. The van der Waals surface area contributed by atoms with Crippen LogP contribution in [0.3, 0.4) is 0 Å². The molecule has 1 N–H and O–H groups in total. The Morgan fingerprint density at radius 1 is 1.11 bits per heavy atom. The molecule has 3 heterocycles. The van der Waals surface area contributed by atoms with Crippen LogP contribution in [0.5, 0.6) is 11.5 Å². The molecule has 2 fully saturated rings. The van der Waals surface area contributed by atoms with Crippen molar-refractivity contribution < 1.29 is 9.47 Å². The second-order valence-electron chi connectivity index (χ2n) is 5.93. The van der Waals surface area contributed by atoms with Gasteiger partial charge >= 0.3 is 0 Å². The first kappa shape index (κ1) is 11.4. The van der Waals surface area contributed by atoms with Gasteiger partial charge in [-0.2, -0.15) is 0 Å². The van der Waals surface area contributed by atoms with E-state index in [0.717, 1.165) is 18.0 Å². The van der Waals surface area contributed by atoms with Crippen LogP contribution in [0, 0.1) is 5.41 Å². The largest absolute Gasteiger partial charge is 0.486 e. The zero-order chi connectivity index (χ0) is 12.7. The smallest absolute Gasteiger partial charge is 0.163 e. The van der Waals surface area contributed by atoms with Crippen LogP contribution in [0.4, 0.5) is 5.69 Å². The molecule has 0 aliphatic carbocycles. The van der Waals surface area contributed by atoms with Crippen LogP contribution in [0.2, 0.25) is 0 Å². The minimum atomic E-state index is 0.507. The van der Waals surface area contributed by atoms with Crippen molar-refractivity contribution in [3.63, 3.8) is 0 Å². The number of nitrogens with zero attached hydrogens (tertiary/aromatic N) is 1. The van der Waals surface area contributed by atoms with Crippen LogP contribution in [-0.4, -0.2) is 39.4 Å². The van der Waals surface area contributed by atoms with E-state index in [-0.39, 0.29) is 0 Å². The van der Waals surface area contributed by atoms with Crippen molar-refractivity contribution >= 4 is 5.69 Å². The Labute approximate surface area is 113 Å². The summed E-state index contributed by atoms with van der Waals surface area (Å²) < 4.78 is 11.3. The Balaban J connectivity index is 1.56. The molecule has 2 saturated heterocycles. The van der Waals surface area contributed by atoms with Gasteiger partial charge in [0.1, 0.15) is 13.2 Å². The van der Waals surface area contributed by atoms with Crippen molar-refractivity contribution in [2.24, 2.45) is 5.41 Å². The maximum Gasteiger partial charge on any atom is 0.163 e. The molecule has 102 valence electrons. The Morgan fingerprint density at radius 3 is 2.84 bits per heavy atom. The van der Waals surface area contributed by atoms with E-state index in [1.807, 2.05) is 6.07 Å². The van der Waals surface area contributed by atoms with Crippen LogP contribution < -0.4 is 19.7 Å². The van der Waals surface area contributed by atoms with Gasteiger partial charge in [-0.15, -0.1) is 0 Å². The lowest BCUT2D eigenvalue weighted by Crippen LogP contribution is -2.29. The summed E-state index contributed by atoms with van der Waals surface area (Å²) in [7, 11) is 0. The number of rotatable bonds is 1. The SMILES string of the molecule is c1cc2c(cc1N1CCC3(CCNC3)C1)OCCO2. The molecule has 3 aliphatic heterocycles. The van der Waals surface area contributed by atoms with Gasteiger partial charge in [0, 0.05) is 36.8 Å². The molecule has 0 bridgehead atoms. The summed E-state index contributed by atoms with van der Waals surface area (Å²) in [6.45, 7) is 5.99. The predicted molar refractivity (Wildman–Crippen MR) is 74.2 cm³/mol. The summed E-state index contributed by atoms with van der Waals surface area (Å²) in [6, 6.07) is 6.34. The molecule has 0 radical (unpaired) electrons. The van der Waals surface area contributed by atoms with E-state index in [1.54, 1.807) is 0 Å². The first-order valence-corrected chi connectivity index (χ1v) is 7.20. The number of ether oxygens (including phenoxy) is 2. The highest BCUT2D eigenvalue weighted by Crippen LogP contribution is 2.40. The quantitative estimate of drug-likeness (QED) is 0.832. The summed E-state index contributed by atoms with van der Waals surface area (Å²) in [5.41, 5.74) is 1.78. The van der Waals surface area contributed by atoms with Crippen LogP contribution in [0.1, 0.15) is 12.8 Å². The van der Waals surface area contributed by atoms with E-state index in [2.05, 4.69) is 22.3 Å². The molecule has 4 rings (SSSR count). The molecule has 1 spiro atoms. The normalized spacial score (nSPS) is 29.2. The summed E-state index contributed by atoms with van der Waals surface area (Å²) in [5, 5.41) is 3.51. The van der Waals surface area contributed by atoms with Crippen molar-refractivity contribution in [2.75, 3.05) is 44.3 Å². The second kappa shape index (κ2) is 4.30. The van der Waals surface area contributed by atoms with Crippen molar-refractivity contribution in [3.8, 4) is 11.5 Å².